The van der Waals surface area contributed by atoms with Gasteiger partial charge in [-0.3, -0.25) is 14.6 Å². The highest BCUT2D eigenvalue weighted by Gasteiger charge is 2.28. The molecule has 1 aromatic carbocycles. The Morgan fingerprint density at radius 1 is 1.20 bits per heavy atom. The molecule has 1 saturated heterocycles. The Labute approximate surface area is 175 Å². The lowest BCUT2D eigenvalue weighted by Gasteiger charge is -2.33. The van der Waals surface area contributed by atoms with Gasteiger partial charge in [-0.15, -0.1) is 0 Å². The summed E-state index contributed by atoms with van der Waals surface area (Å²) in [4.78, 5) is 36.2. The zero-order valence-corrected chi connectivity index (χ0v) is 17.0. The number of benzene rings is 1. The summed E-state index contributed by atoms with van der Waals surface area (Å²) in [6, 6.07) is 12.9. The molecule has 1 fully saturated rings. The predicted molar refractivity (Wildman–Crippen MR) is 113 cm³/mol. The minimum atomic E-state index is -0.408. The van der Waals surface area contributed by atoms with Crippen molar-refractivity contribution in [1.82, 2.24) is 20.2 Å². The van der Waals surface area contributed by atoms with E-state index in [-0.39, 0.29) is 17.9 Å². The molecule has 0 saturated carbocycles. The highest BCUT2D eigenvalue weighted by molar-refractivity contribution is 6.06. The molecule has 1 aliphatic heterocycles. The van der Waals surface area contributed by atoms with E-state index in [9.17, 15) is 9.59 Å². The topological polar surface area (TPSA) is 84.4 Å². The highest BCUT2D eigenvalue weighted by atomic mass is 16.5. The number of morpholine rings is 1. The molecule has 0 bridgehead atoms. The quantitative estimate of drug-likeness (QED) is 0.723. The molecule has 4 rings (SSSR count). The van der Waals surface area contributed by atoms with Crippen LogP contribution in [0.1, 0.15) is 46.4 Å². The number of amides is 2. The minimum Gasteiger partial charge on any atom is -0.368 e. The van der Waals surface area contributed by atoms with E-state index in [1.165, 1.54) is 0 Å². The standard InChI is InChI=1S/C23H24N4O3/c1-15(2)25-22(28)18-12-20(26-19-8-4-3-7-17(18)19)21-14-27(10-11-30-21)23(29)16-6-5-9-24-13-16/h3-9,12-13,15,21H,10-11,14H2,1-2H3,(H,25,28)/t21-/m1/s1. The van der Waals surface area contributed by atoms with Gasteiger partial charge in [-0.2, -0.15) is 0 Å². The molecule has 2 aromatic heterocycles. The predicted octanol–water partition coefficient (Wildman–Crippen LogP) is 2.98. The normalized spacial score (nSPS) is 16.6. The van der Waals surface area contributed by atoms with Crippen LogP contribution < -0.4 is 5.32 Å². The molecule has 154 valence electrons. The van der Waals surface area contributed by atoms with Crippen LogP contribution in [0.5, 0.6) is 0 Å². The van der Waals surface area contributed by atoms with Crippen molar-refractivity contribution in [3.8, 4) is 0 Å². The van der Waals surface area contributed by atoms with Gasteiger partial charge in [0.1, 0.15) is 6.10 Å². The maximum atomic E-state index is 12.8. The average molecular weight is 404 g/mol. The van der Waals surface area contributed by atoms with Gasteiger partial charge in [-0.05, 0) is 38.1 Å². The Kier molecular flexibility index (Phi) is 5.72. The number of nitrogens with zero attached hydrogens (tertiary/aromatic N) is 3. The van der Waals surface area contributed by atoms with Gasteiger partial charge in [0.2, 0.25) is 0 Å². The first-order valence-electron chi connectivity index (χ1n) is 10.0. The van der Waals surface area contributed by atoms with E-state index in [0.717, 1.165) is 10.9 Å². The Hall–Kier alpha value is -3.32. The van der Waals surface area contributed by atoms with Crippen molar-refractivity contribution >= 4 is 22.7 Å². The molecule has 1 atom stereocenters. The largest absolute Gasteiger partial charge is 0.368 e. The summed E-state index contributed by atoms with van der Waals surface area (Å²) in [6.07, 6.45) is 2.80. The number of aromatic nitrogens is 2. The summed E-state index contributed by atoms with van der Waals surface area (Å²) in [5, 5.41) is 3.74. The van der Waals surface area contributed by atoms with E-state index in [2.05, 4.69) is 10.3 Å². The molecule has 2 amide bonds. The number of carbonyl (C=O) groups is 2. The number of nitrogens with one attached hydrogen (secondary N) is 1. The van der Waals surface area contributed by atoms with Crippen LogP contribution in [-0.2, 0) is 4.74 Å². The Bertz CT molecular complexity index is 1070. The second-order valence-electron chi connectivity index (χ2n) is 7.59. The summed E-state index contributed by atoms with van der Waals surface area (Å²) in [7, 11) is 0. The van der Waals surface area contributed by atoms with Crippen molar-refractivity contribution in [2.75, 3.05) is 19.7 Å². The Morgan fingerprint density at radius 2 is 2.03 bits per heavy atom. The first-order valence-corrected chi connectivity index (χ1v) is 10.0. The van der Waals surface area contributed by atoms with Gasteiger partial charge in [-0.25, -0.2) is 4.98 Å². The lowest BCUT2D eigenvalue weighted by atomic mass is 10.0. The van der Waals surface area contributed by atoms with E-state index in [1.807, 2.05) is 38.1 Å². The van der Waals surface area contributed by atoms with E-state index < -0.39 is 6.10 Å². The van der Waals surface area contributed by atoms with Crippen molar-refractivity contribution in [2.24, 2.45) is 0 Å². The van der Waals surface area contributed by atoms with Crippen LogP contribution in [-0.4, -0.2) is 52.4 Å². The van der Waals surface area contributed by atoms with E-state index in [1.54, 1.807) is 35.5 Å². The summed E-state index contributed by atoms with van der Waals surface area (Å²) in [5.41, 5.74) is 2.47. The summed E-state index contributed by atoms with van der Waals surface area (Å²) < 4.78 is 5.94. The second-order valence-corrected chi connectivity index (χ2v) is 7.59. The number of carbonyl (C=O) groups excluding carboxylic acids is 2. The smallest absolute Gasteiger partial charge is 0.255 e. The summed E-state index contributed by atoms with van der Waals surface area (Å²) >= 11 is 0. The van der Waals surface area contributed by atoms with Crippen molar-refractivity contribution < 1.29 is 14.3 Å². The third-order valence-corrected chi connectivity index (χ3v) is 4.99. The SMILES string of the molecule is CC(C)NC(=O)c1cc([C@H]2CN(C(=O)c3cccnc3)CCO2)nc2ccccc12. The van der Waals surface area contributed by atoms with Gasteiger partial charge < -0.3 is 15.0 Å². The number of ether oxygens (including phenoxy) is 1. The van der Waals surface area contributed by atoms with Crippen molar-refractivity contribution in [3.63, 3.8) is 0 Å². The molecule has 7 nitrogen and oxygen atoms in total. The van der Waals surface area contributed by atoms with Gasteiger partial charge in [0.15, 0.2) is 0 Å². The fourth-order valence-electron chi connectivity index (χ4n) is 3.57. The summed E-state index contributed by atoms with van der Waals surface area (Å²) in [6.45, 7) is 5.12. The maximum absolute atomic E-state index is 12.8. The second kappa shape index (κ2) is 8.59. The summed E-state index contributed by atoms with van der Waals surface area (Å²) in [5.74, 6) is -0.237. The molecule has 30 heavy (non-hydrogen) atoms. The van der Waals surface area contributed by atoms with Crippen molar-refractivity contribution in [1.29, 1.82) is 0 Å². The monoisotopic (exact) mass is 404 g/mol. The number of hydrogen-bond acceptors (Lipinski definition) is 5. The zero-order chi connectivity index (χ0) is 21.1. The highest BCUT2D eigenvalue weighted by Crippen LogP contribution is 2.26. The lowest BCUT2D eigenvalue weighted by molar-refractivity contribution is -0.0246. The number of fused-ring (bicyclic) bond motifs is 1. The number of para-hydroxylation sites is 1. The third-order valence-electron chi connectivity index (χ3n) is 4.99. The van der Waals surface area contributed by atoms with Crippen LogP contribution in [0.25, 0.3) is 10.9 Å². The molecule has 0 aliphatic carbocycles. The van der Waals surface area contributed by atoms with Crippen molar-refractivity contribution in [3.05, 3.63) is 71.7 Å². The van der Waals surface area contributed by atoms with Crippen LogP contribution in [0.15, 0.2) is 54.9 Å². The fraction of sp³-hybridized carbons (Fsp3) is 0.304. The molecule has 1 N–H and O–H groups in total. The minimum absolute atomic E-state index is 0.0198. The lowest BCUT2D eigenvalue weighted by Crippen LogP contribution is -2.42. The van der Waals surface area contributed by atoms with Gasteiger partial charge in [0, 0.05) is 30.4 Å². The van der Waals surface area contributed by atoms with Crippen LogP contribution in [0.4, 0.5) is 0 Å². The van der Waals surface area contributed by atoms with Gasteiger partial charge in [0.05, 0.1) is 35.5 Å². The van der Waals surface area contributed by atoms with E-state index in [0.29, 0.717) is 36.5 Å². The molecule has 1 aliphatic rings. The first-order chi connectivity index (χ1) is 14.5. The van der Waals surface area contributed by atoms with Crippen LogP contribution in [0.3, 0.4) is 0 Å². The van der Waals surface area contributed by atoms with Crippen LogP contribution in [0, 0.1) is 0 Å². The average Bonchev–Trinajstić information content (AvgIpc) is 2.78. The van der Waals surface area contributed by atoms with E-state index in [4.69, 9.17) is 9.72 Å². The Morgan fingerprint density at radius 3 is 2.80 bits per heavy atom. The molecule has 7 heteroatoms. The molecule has 0 radical (unpaired) electrons. The van der Waals surface area contributed by atoms with Gasteiger partial charge >= 0.3 is 0 Å². The molecular weight excluding hydrogens is 380 g/mol. The molecule has 0 unspecified atom stereocenters. The first kappa shape index (κ1) is 20.0. The zero-order valence-electron chi connectivity index (χ0n) is 17.0. The molecular formula is C23H24N4O3. The number of pyridine rings is 2. The Balaban J connectivity index is 1.65. The molecule has 3 aromatic rings. The third kappa shape index (κ3) is 4.16. The number of rotatable bonds is 4. The fourth-order valence-corrected chi connectivity index (χ4v) is 3.57. The molecule has 0 spiro atoms. The van der Waals surface area contributed by atoms with E-state index >= 15 is 0 Å². The van der Waals surface area contributed by atoms with Gasteiger partial charge in [0.25, 0.3) is 11.8 Å². The number of hydrogen-bond donors (Lipinski definition) is 1. The van der Waals surface area contributed by atoms with Crippen LogP contribution >= 0.6 is 0 Å². The maximum Gasteiger partial charge on any atom is 0.255 e. The van der Waals surface area contributed by atoms with Crippen LogP contribution in [0.2, 0.25) is 0 Å². The van der Waals surface area contributed by atoms with Gasteiger partial charge in [-0.1, -0.05) is 18.2 Å². The molecule has 3 heterocycles. The van der Waals surface area contributed by atoms with Crippen molar-refractivity contribution in [2.45, 2.75) is 26.0 Å².